The molecule has 1 N–H and O–H groups in total. The van der Waals surface area contributed by atoms with E-state index in [9.17, 15) is 4.79 Å². The predicted octanol–water partition coefficient (Wildman–Crippen LogP) is 4.49. The van der Waals surface area contributed by atoms with Crippen LogP contribution in [0.2, 0.25) is 0 Å². The van der Waals surface area contributed by atoms with Crippen LogP contribution in [0, 0.1) is 0 Å². The number of carbonyl (C=O) groups excluding carboxylic acids is 1. The molecule has 1 amide bonds. The topological polar surface area (TPSA) is 54.9 Å². The minimum atomic E-state index is 0.0158. The zero-order chi connectivity index (χ0) is 15.4. The summed E-state index contributed by atoms with van der Waals surface area (Å²) in [6.45, 7) is 2.07. The number of hydrogen-bond donors (Lipinski definition) is 1. The number of amides is 1. The third-order valence-electron chi connectivity index (χ3n) is 3.33. The molecule has 0 aliphatic rings. The van der Waals surface area contributed by atoms with Gasteiger partial charge in [0.25, 0.3) is 0 Å². The van der Waals surface area contributed by atoms with E-state index in [2.05, 4.69) is 28.3 Å². The molecule has 0 aliphatic carbocycles. The van der Waals surface area contributed by atoms with Crippen LogP contribution in [0.5, 0.6) is 0 Å². The van der Waals surface area contributed by atoms with Crippen LogP contribution < -0.4 is 5.32 Å². The van der Waals surface area contributed by atoms with E-state index in [1.165, 1.54) is 0 Å². The average molecular weight is 311 g/mol. The Morgan fingerprint density at radius 2 is 2.09 bits per heavy atom. The summed E-state index contributed by atoms with van der Waals surface area (Å²) < 4.78 is 1.16. The number of carbonyl (C=O) groups is 1. The number of nitrogens with zero attached hydrogens (tertiary/aromatic N) is 2. The Morgan fingerprint density at radius 1 is 1.23 bits per heavy atom. The van der Waals surface area contributed by atoms with Crippen molar-refractivity contribution in [1.82, 2.24) is 9.97 Å². The molecule has 2 aromatic heterocycles. The van der Waals surface area contributed by atoms with Crippen LogP contribution in [0.4, 0.5) is 5.82 Å². The van der Waals surface area contributed by atoms with Crippen LogP contribution in [0.3, 0.4) is 0 Å². The lowest BCUT2D eigenvalue weighted by molar-refractivity contribution is -0.116. The van der Waals surface area contributed by atoms with Crippen molar-refractivity contribution in [2.75, 3.05) is 5.32 Å². The lowest BCUT2D eigenvalue weighted by Gasteiger charge is -2.04. The molecule has 1 aromatic carbocycles. The second kappa shape index (κ2) is 6.66. The molecule has 4 nitrogen and oxygen atoms in total. The number of pyridine rings is 1. The molecule has 0 atom stereocenters. The van der Waals surface area contributed by atoms with E-state index in [4.69, 9.17) is 0 Å². The van der Waals surface area contributed by atoms with Crippen LogP contribution in [0.15, 0.2) is 42.6 Å². The van der Waals surface area contributed by atoms with Crippen LogP contribution in [-0.4, -0.2) is 15.9 Å². The van der Waals surface area contributed by atoms with E-state index >= 15 is 0 Å². The fourth-order valence-corrected chi connectivity index (χ4v) is 3.09. The van der Waals surface area contributed by atoms with E-state index in [1.807, 2.05) is 30.3 Å². The first-order valence-corrected chi connectivity index (χ1v) is 8.20. The third-order valence-corrected chi connectivity index (χ3v) is 4.41. The third kappa shape index (κ3) is 3.31. The standard InChI is InChI=1S/C17H17N3OS/c1-2-3-8-16(21)20-15-10-9-12(11-18-15)17-19-13-6-4-5-7-14(13)22-17/h4-7,9-11H,2-3,8H2,1H3,(H,18,20,21). The normalized spacial score (nSPS) is 10.8. The minimum Gasteiger partial charge on any atom is -0.311 e. The number of benzene rings is 1. The van der Waals surface area contributed by atoms with Gasteiger partial charge in [-0.2, -0.15) is 0 Å². The Hall–Kier alpha value is -2.27. The second-order valence-electron chi connectivity index (χ2n) is 5.07. The van der Waals surface area contributed by atoms with Crippen molar-refractivity contribution in [3.63, 3.8) is 0 Å². The van der Waals surface area contributed by atoms with Gasteiger partial charge < -0.3 is 5.32 Å². The summed E-state index contributed by atoms with van der Waals surface area (Å²) >= 11 is 1.64. The van der Waals surface area contributed by atoms with E-state index in [1.54, 1.807) is 17.5 Å². The number of fused-ring (bicyclic) bond motifs is 1. The SMILES string of the molecule is CCCCC(=O)Nc1ccc(-c2nc3ccccc3s2)cn1. The first-order chi connectivity index (χ1) is 10.8. The van der Waals surface area contributed by atoms with E-state index in [0.29, 0.717) is 12.2 Å². The molecule has 0 bridgehead atoms. The molecule has 3 rings (SSSR count). The Kier molecular flexibility index (Phi) is 4.44. The summed E-state index contributed by atoms with van der Waals surface area (Å²) in [5.41, 5.74) is 1.97. The minimum absolute atomic E-state index is 0.0158. The Labute approximate surface area is 133 Å². The maximum Gasteiger partial charge on any atom is 0.225 e. The van der Waals surface area contributed by atoms with Crippen LogP contribution in [0.25, 0.3) is 20.8 Å². The van der Waals surface area contributed by atoms with Gasteiger partial charge in [0.2, 0.25) is 5.91 Å². The number of para-hydroxylation sites is 1. The molecule has 22 heavy (non-hydrogen) atoms. The predicted molar refractivity (Wildman–Crippen MR) is 91.0 cm³/mol. The Morgan fingerprint density at radius 3 is 2.82 bits per heavy atom. The van der Waals surface area contributed by atoms with Gasteiger partial charge in [-0.15, -0.1) is 11.3 Å². The highest BCUT2D eigenvalue weighted by Crippen LogP contribution is 2.29. The van der Waals surface area contributed by atoms with E-state index in [0.717, 1.165) is 33.6 Å². The van der Waals surface area contributed by atoms with Gasteiger partial charge in [-0.3, -0.25) is 4.79 Å². The zero-order valence-corrected chi connectivity index (χ0v) is 13.2. The van der Waals surface area contributed by atoms with Gasteiger partial charge in [0.1, 0.15) is 10.8 Å². The smallest absolute Gasteiger partial charge is 0.225 e. The maximum absolute atomic E-state index is 11.7. The Balaban J connectivity index is 1.74. The van der Waals surface area contributed by atoms with Gasteiger partial charge >= 0.3 is 0 Å². The van der Waals surface area contributed by atoms with Crippen molar-refractivity contribution in [3.05, 3.63) is 42.6 Å². The average Bonchev–Trinajstić information content (AvgIpc) is 2.97. The molecule has 0 aliphatic heterocycles. The Bertz CT molecular complexity index is 747. The van der Waals surface area contributed by atoms with E-state index in [-0.39, 0.29) is 5.91 Å². The fraction of sp³-hybridized carbons (Fsp3) is 0.235. The number of thiazole rings is 1. The molecule has 0 saturated carbocycles. The van der Waals surface area contributed by atoms with Crippen molar-refractivity contribution in [3.8, 4) is 10.6 Å². The van der Waals surface area contributed by atoms with E-state index < -0.39 is 0 Å². The monoisotopic (exact) mass is 311 g/mol. The highest BCUT2D eigenvalue weighted by Gasteiger charge is 2.07. The summed E-state index contributed by atoms with van der Waals surface area (Å²) in [6, 6.07) is 11.8. The van der Waals surface area contributed by atoms with Crippen molar-refractivity contribution in [1.29, 1.82) is 0 Å². The molecule has 2 heterocycles. The number of anilines is 1. The van der Waals surface area contributed by atoms with Crippen LogP contribution in [0.1, 0.15) is 26.2 Å². The van der Waals surface area contributed by atoms with Crippen LogP contribution in [-0.2, 0) is 4.79 Å². The van der Waals surface area contributed by atoms with Crippen molar-refractivity contribution < 1.29 is 4.79 Å². The molecule has 0 unspecified atom stereocenters. The lowest BCUT2D eigenvalue weighted by atomic mass is 10.2. The van der Waals surface area contributed by atoms with Crippen molar-refractivity contribution in [2.24, 2.45) is 0 Å². The van der Waals surface area contributed by atoms with Gasteiger partial charge in [0.15, 0.2) is 0 Å². The molecular formula is C17H17N3OS. The number of nitrogens with one attached hydrogen (secondary N) is 1. The van der Waals surface area contributed by atoms with Gasteiger partial charge in [-0.05, 0) is 30.7 Å². The maximum atomic E-state index is 11.7. The van der Waals surface area contributed by atoms with Gasteiger partial charge in [-0.1, -0.05) is 25.5 Å². The fourth-order valence-electron chi connectivity index (χ4n) is 2.13. The molecule has 0 spiro atoms. The first-order valence-electron chi connectivity index (χ1n) is 7.38. The number of rotatable bonds is 5. The van der Waals surface area contributed by atoms with Crippen molar-refractivity contribution in [2.45, 2.75) is 26.2 Å². The summed E-state index contributed by atoms with van der Waals surface area (Å²) in [5, 5.41) is 3.76. The van der Waals surface area contributed by atoms with Gasteiger partial charge in [0, 0.05) is 18.2 Å². The molecule has 0 fully saturated rings. The number of hydrogen-bond acceptors (Lipinski definition) is 4. The molecule has 5 heteroatoms. The highest BCUT2D eigenvalue weighted by atomic mass is 32.1. The molecule has 112 valence electrons. The lowest BCUT2D eigenvalue weighted by Crippen LogP contribution is -2.11. The summed E-state index contributed by atoms with van der Waals surface area (Å²) in [7, 11) is 0. The summed E-state index contributed by atoms with van der Waals surface area (Å²) in [4.78, 5) is 20.6. The first kappa shape index (κ1) is 14.7. The van der Waals surface area contributed by atoms with Crippen molar-refractivity contribution >= 4 is 33.3 Å². The van der Waals surface area contributed by atoms with Gasteiger partial charge in [-0.25, -0.2) is 9.97 Å². The second-order valence-corrected chi connectivity index (χ2v) is 6.10. The zero-order valence-electron chi connectivity index (χ0n) is 12.4. The number of unbranched alkanes of at least 4 members (excludes halogenated alkanes) is 1. The summed E-state index contributed by atoms with van der Waals surface area (Å²) in [5.74, 6) is 0.605. The molecule has 0 radical (unpaired) electrons. The quantitative estimate of drug-likeness (QED) is 0.755. The van der Waals surface area contributed by atoms with Gasteiger partial charge in [0.05, 0.1) is 10.2 Å². The van der Waals surface area contributed by atoms with Crippen LogP contribution >= 0.6 is 11.3 Å². The highest BCUT2D eigenvalue weighted by molar-refractivity contribution is 7.21. The number of aromatic nitrogens is 2. The molecule has 0 saturated heterocycles. The molecule has 3 aromatic rings. The largest absolute Gasteiger partial charge is 0.311 e. The summed E-state index contributed by atoms with van der Waals surface area (Å²) in [6.07, 6.45) is 4.21. The molecular weight excluding hydrogens is 294 g/mol.